The molecule has 3 nitrogen and oxygen atoms in total. The van der Waals surface area contributed by atoms with E-state index >= 15 is 0 Å². The van der Waals surface area contributed by atoms with Gasteiger partial charge in [-0.15, -0.1) is 0 Å². The maximum absolute atomic E-state index is 11.3. The zero-order valence-electron chi connectivity index (χ0n) is 7.79. The number of aryl methyl sites for hydroxylation is 1. The third kappa shape index (κ3) is 2.83. The largest absolute Gasteiger partial charge is 0.262 e. The van der Waals surface area contributed by atoms with Gasteiger partial charge >= 0.3 is 0 Å². The highest BCUT2D eigenvalue weighted by Crippen LogP contribution is 2.26. The van der Waals surface area contributed by atoms with Crippen molar-refractivity contribution in [2.45, 2.75) is 18.2 Å². The molecule has 0 saturated heterocycles. The summed E-state index contributed by atoms with van der Waals surface area (Å²) in [4.78, 5) is -0.0606. The van der Waals surface area contributed by atoms with Gasteiger partial charge in [0.05, 0.1) is 5.56 Å². The summed E-state index contributed by atoms with van der Waals surface area (Å²) in [5.74, 6) is 0. The van der Waals surface area contributed by atoms with E-state index in [4.69, 9.17) is 15.9 Å². The Bertz CT molecular complexity index is 534. The zero-order valence-corrected chi connectivity index (χ0v) is 11.5. The van der Waals surface area contributed by atoms with Crippen LogP contribution in [0, 0.1) is 14.9 Å². The Kier molecular flexibility index (Phi) is 3.98. The van der Waals surface area contributed by atoms with Crippen molar-refractivity contribution in [3.8, 4) is 6.07 Å². The summed E-state index contributed by atoms with van der Waals surface area (Å²) in [7, 11) is 1.44. The molecule has 0 bridgehead atoms. The minimum Gasteiger partial charge on any atom is -0.207 e. The molecule has 0 aliphatic carbocycles. The fourth-order valence-electron chi connectivity index (χ4n) is 1.28. The lowest BCUT2D eigenvalue weighted by molar-refractivity contribution is 0.608. The fourth-order valence-corrected chi connectivity index (χ4v) is 3.40. The van der Waals surface area contributed by atoms with Gasteiger partial charge in [0.1, 0.15) is 11.0 Å². The summed E-state index contributed by atoms with van der Waals surface area (Å²) < 4.78 is 23.5. The quantitative estimate of drug-likeness (QED) is 0.605. The average molecular weight is 356 g/mol. The Morgan fingerprint density at radius 2 is 2.13 bits per heavy atom. The van der Waals surface area contributed by atoms with Crippen LogP contribution in [0.5, 0.6) is 0 Å². The standard InChI is InChI=1S/C9H7ClINO2S/c1-2-6-3-8(11)4-7(5-12)9(6)15(10,13)14/h3-4H,2H2,1H3. The van der Waals surface area contributed by atoms with E-state index in [0.717, 1.165) is 3.57 Å². The van der Waals surface area contributed by atoms with Gasteiger partial charge in [-0.05, 0) is 46.7 Å². The molecule has 0 aromatic heterocycles. The van der Waals surface area contributed by atoms with Crippen molar-refractivity contribution >= 4 is 42.3 Å². The van der Waals surface area contributed by atoms with Crippen LogP contribution in [-0.4, -0.2) is 8.42 Å². The van der Waals surface area contributed by atoms with Crippen molar-refractivity contribution in [3.05, 3.63) is 26.8 Å². The number of benzene rings is 1. The van der Waals surface area contributed by atoms with Crippen molar-refractivity contribution in [2.75, 3.05) is 0 Å². The highest BCUT2D eigenvalue weighted by Gasteiger charge is 2.20. The highest BCUT2D eigenvalue weighted by atomic mass is 127. The summed E-state index contributed by atoms with van der Waals surface area (Å²) in [5.41, 5.74) is 0.683. The summed E-state index contributed by atoms with van der Waals surface area (Å²) in [6.07, 6.45) is 0.521. The van der Waals surface area contributed by atoms with Gasteiger partial charge in [-0.3, -0.25) is 0 Å². The summed E-state index contributed by atoms with van der Waals surface area (Å²) in [6.45, 7) is 1.82. The second kappa shape index (κ2) is 4.68. The average Bonchev–Trinajstić information content (AvgIpc) is 2.14. The number of nitriles is 1. The first-order chi connectivity index (χ1) is 6.90. The Balaban J connectivity index is 3.69. The molecule has 0 aliphatic heterocycles. The number of hydrogen-bond acceptors (Lipinski definition) is 3. The minimum absolute atomic E-state index is 0.0606. The van der Waals surface area contributed by atoms with E-state index < -0.39 is 9.05 Å². The van der Waals surface area contributed by atoms with E-state index in [9.17, 15) is 8.42 Å². The van der Waals surface area contributed by atoms with Gasteiger partial charge in [0, 0.05) is 14.3 Å². The molecule has 0 saturated carbocycles. The van der Waals surface area contributed by atoms with E-state index in [2.05, 4.69) is 0 Å². The Morgan fingerprint density at radius 1 is 1.53 bits per heavy atom. The van der Waals surface area contributed by atoms with Gasteiger partial charge in [-0.1, -0.05) is 6.92 Å². The highest BCUT2D eigenvalue weighted by molar-refractivity contribution is 14.1. The van der Waals surface area contributed by atoms with Gasteiger partial charge in [0.15, 0.2) is 0 Å². The molecule has 0 N–H and O–H groups in total. The maximum Gasteiger partial charge on any atom is 0.262 e. The topological polar surface area (TPSA) is 57.9 Å². The monoisotopic (exact) mass is 355 g/mol. The molecule has 0 heterocycles. The number of nitrogens with zero attached hydrogens (tertiary/aromatic N) is 1. The zero-order chi connectivity index (χ0) is 11.6. The van der Waals surface area contributed by atoms with Crippen molar-refractivity contribution in [2.24, 2.45) is 0 Å². The predicted octanol–water partition coefficient (Wildman–Crippen LogP) is 2.65. The second-order valence-electron chi connectivity index (χ2n) is 2.84. The summed E-state index contributed by atoms with van der Waals surface area (Å²) >= 11 is 2.03. The SMILES string of the molecule is CCc1cc(I)cc(C#N)c1S(=O)(=O)Cl. The first-order valence-electron chi connectivity index (χ1n) is 4.07. The minimum atomic E-state index is -3.86. The first-order valence-corrected chi connectivity index (χ1v) is 7.46. The molecule has 0 spiro atoms. The van der Waals surface area contributed by atoms with E-state index in [-0.39, 0.29) is 10.5 Å². The molecule has 0 fully saturated rings. The van der Waals surface area contributed by atoms with Gasteiger partial charge in [-0.2, -0.15) is 5.26 Å². The molecule has 0 unspecified atom stereocenters. The van der Waals surface area contributed by atoms with Crippen LogP contribution in [-0.2, 0) is 15.5 Å². The Hall–Kier alpha value is -0.320. The third-order valence-corrected chi connectivity index (χ3v) is 3.93. The summed E-state index contributed by atoms with van der Waals surface area (Å²) in [6, 6.07) is 5.08. The van der Waals surface area contributed by atoms with Crippen molar-refractivity contribution < 1.29 is 8.42 Å². The van der Waals surface area contributed by atoms with Crippen molar-refractivity contribution in [3.63, 3.8) is 0 Å². The van der Waals surface area contributed by atoms with Crippen molar-refractivity contribution in [1.82, 2.24) is 0 Å². The molecule has 0 aliphatic rings. The van der Waals surface area contributed by atoms with E-state index in [1.165, 1.54) is 6.07 Å². The fraction of sp³-hybridized carbons (Fsp3) is 0.222. The summed E-state index contributed by atoms with van der Waals surface area (Å²) in [5, 5.41) is 8.85. The van der Waals surface area contributed by atoms with E-state index in [0.29, 0.717) is 12.0 Å². The number of hydrogen-bond donors (Lipinski definition) is 0. The molecule has 6 heteroatoms. The van der Waals surface area contributed by atoms with Gasteiger partial charge in [0.25, 0.3) is 9.05 Å². The van der Waals surface area contributed by atoms with Crippen LogP contribution in [0.4, 0.5) is 0 Å². The molecule has 0 amide bonds. The van der Waals surface area contributed by atoms with Crippen molar-refractivity contribution in [1.29, 1.82) is 5.26 Å². The lowest BCUT2D eigenvalue weighted by Gasteiger charge is -2.07. The molecule has 1 rings (SSSR count). The number of rotatable bonds is 2. The van der Waals surface area contributed by atoms with Crippen LogP contribution in [0.2, 0.25) is 0 Å². The third-order valence-electron chi connectivity index (χ3n) is 1.88. The molecule has 80 valence electrons. The van der Waals surface area contributed by atoms with Crippen LogP contribution >= 0.6 is 33.3 Å². The smallest absolute Gasteiger partial charge is 0.207 e. The van der Waals surface area contributed by atoms with Gasteiger partial charge < -0.3 is 0 Å². The van der Waals surface area contributed by atoms with E-state index in [1.54, 1.807) is 6.07 Å². The van der Waals surface area contributed by atoms with Gasteiger partial charge in [0.2, 0.25) is 0 Å². The first kappa shape index (κ1) is 12.7. The second-order valence-corrected chi connectivity index (χ2v) is 6.59. The lowest BCUT2D eigenvalue weighted by Crippen LogP contribution is -2.02. The van der Waals surface area contributed by atoms with Gasteiger partial charge in [-0.25, -0.2) is 8.42 Å². The predicted molar refractivity (Wildman–Crippen MR) is 66.3 cm³/mol. The number of halogens is 2. The molecular weight excluding hydrogens is 349 g/mol. The van der Waals surface area contributed by atoms with Crippen LogP contribution in [0.1, 0.15) is 18.1 Å². The Labute approximate surface area is 107 Å². The molecule has 0 radical (unpaired) electrons. The van der Waals surface area contributed by atoms with Crippen LogP contribution < -0.4 is 0 Å². The maximum atomic E-state index is 11.3. The normalized spacial score (nSPS) is 11.1. The molecule has 1 aromatic rings. The molecule has 1 aromatic carbocycles. The van der Waals surface area contributed by atoms with Crippen LogP contribution in [0.3, 0.4) is 0 Å². The molecular formula is C9H7ClINO2S. The van der Waals surface area contributed by atoms with Crippen LogP contribution in [0.15, 0.2) is 17.0 Å². The molecule has 15 heavy (non-hydrogen) atoms. The van der Waals surface area contributed by atoms with Crippen LogP contribution in [0.25, 0.3) is 0 Å². The lowest BCUT2D eigenvalue weighted by atomic mass is 10.1. The molecule has 0 atom stereocenters. The van der Waals surface area contributed by atoms with E-state index in [1.807, 2.05) is 35.6 Å². The Morgan fingerprint density at radius 3 is 2.53 bits per heavy atom.